The highest BCUT2D eigenvalue weighted by molar-refractivity contribution is 7.89. The first-order valence-corrected chi connectivity index (χ1v) is 10.4. The molecule has 2 N–H and O–H groups in total. The first-order chi connectivity index (χ1) is 11.9. The number of benzene rings is 1. The zero-order chi connectivity index (χ0) is 18.3. The molecular weight excluding hydrogens is 399 g/mol. The molecule has 0 spiro atoms. The van der Waals surface area contributed by atoms with Gasteiger partial charge < -0.3 is 14.8 Å². The molecule has 0 aromatic heterocycles. The Balaban J connectivity index is 0.00000338. The summed E-state index contributed by atoms with van der Waals surface area (Å²) < 4.78 is 38.8. The van der Waals surface area contributed by atoms with Gasteiger partial charge in [-0.25, -0.2) is 13.1 Å². The highest BCUT2D eigenvalue weighted by Crippen LogP contribution is 2.28. The van der Waals surface area contributed by atoms with E-state index in [0.29, 0.717) is 24.1 Å². The number of sulfonamides is 1. The number of rotatable bonds is 9. The summed E-state index contributed by atoms with van der Waals surface area (Å²) in [5.74, 6) is 0.786. The van der Waals surface area contributed by atoms with E-state index in [0.717, 1.165) is 32.4 Å². The van der Waals surface area contributed by atoms with Gasteiger partial charge in [-0.2, -0.15) is 0 Å². The molecule has 0 aliphatic carbocycles. The van der Waals surface area contributed by atoms with Gasteiger partial charge in [0.25, 0.3) is 0 Å². The molecule has 2 atom stereocenters. The van der Waals surface area contributed by atoms with Crippen LogP contribution in [-0.2, 0) is 14.8 Å². The first-order valence-electron chi connectivity index (χ1n) is 8.58. The van der Waals surface area contributed by atoms with Crippen molar-refractivity contribution in [1.82, 2.24) is 10.0 Å². The van der Waals surface area contributed by atoms with Crippen LogP contribution in [0.25, 0.3) is 0 Å². The van der Waals surface area contributed by atoms with E-state index in [1.165, 1.54) is 6.07 Å². The molecule has 26 heavy (non-hydrogen) atoms. The molecule has 0 amide bonds. The number of hydrogen-bond donors (Lipinski definition) is 2. The molecule has 1 heterocycles. The highest BCUT2D eigenvalue weighted by atomic mass is 35.5. The Kier molecular flexibility index (Phi) is 10.2. The van der Waals surface area contributed by atoms with Gasteiger partial charge in [-0.3, -0.25) is 0 Å². The van der Waals surface area contributed by atoms with Crippen LogP contribution in [0.3, 0.4) is 0 Å². The van der Waals surface area contributed by atoms with Crippen LogP contribution in [-0.4, -0.2) is 47.9 Å². The number of piperidine rings is 1. The molecular formula is C17H28Cl2N2O4S. The molecule has 2 rings (SSSR count). The summed E-state index contributed by atoms with van der Waals surface area (Å²) in [6.07, 6.45) is 2.81. The molecule has 0 radical (unpaired) electrons. The van der Waals surface area contributed by atoms with E-state index in [9.17, 15) is 8.42 Å². The summed E-state index contributed by atoms with van der Waals surface area (Å²) in [7, 11) is -2.12. The van der Waals surface area contributed by atoms with Crippen molar-refractivity contribution in [2.24, 2.45) is 5.92 Å². The lowest BCUT2D eigenvalue weighted by Gasteiger charge is -2.23. The Morgan fingerprint density at radius 2 is 2.19 bits per heavy atom. The fourth-order valence-corrected chi connectivity index (χ4v) is 4.36. The average molecular weight is 427 g/mol. The molecule has 0 saturated carbocycles. The predicted octanol–water partition coefficient (Wildman–Crippen LogP) is 2.84. The van der Waals surface area contributed by atoms with E-state index in [1.807, 2.05) is 6.92 Å². The van der Waals surface area contributed by atoms with Gasteiger partial charge in [-0.1, -0.05) is 11.6 Å². The summed E-state index contributed by atoms with van der Waals surface area (Å²) in [6, 6.07) is 4.61. The lowest BCUT2D eigenvalue weighted by molar-refractivity contribution is 0.0901. The Labute approximate surface area is 167 Å². The Morgan fingerprint density at radius 3 is 2.85 bits per heavy atom. The number of nitrogens with one attached hydrogen (secondary N) is 2. The van der Waals surface area contributed by atoms with Crippen molar-refractivity contribution in [3.63, 3.8) is 0 Å². The van der Waals surface area contributed by atoms with Crippen LogP contribution in [0.1, 0.15) is 26.2 Å². The monoisotopic (exact) mass is 426 g/mol. The van der Waals surface area contributed by atoms with E-state index in [4.69, 9.17) is 21.1 Å². The van der Waals surface area contributed by atoms with Crippen molar-refractivity contribution in [2.45, 2.75) is 37.2 Å². The average Bonchev–Trinajstić information content (AvgIpc) is 2.57. The second-order valence-corrected chi connectivity index (χ2v) is 8.55. The summed E-state index contributed by atoms with van der Waals surface area (Å²) in [4.78, 5) is 0.0599. The molecule has 1 aromatic carbocycles. The minimum absolute atomic E-state index is 0. The second-order valence-electron chi connectivity index (χ2n) is 6.37. The number of ether oxygens (including phenoxy) is 2. The third-order valence-corrected chi connectivity index (χ3v) is 5.89. The van der Waals surface area contributed by atoms with Gasteiger partial charge >= 0.3 is 0 Å². The predicted molar refractivity (Wildman–Crippen MR) is 106 cm³/mol. The van der Waals surface area contributed by atoms with Crippen LogP contribution >= 0.6 is 24.0 Å². The standard InChI is InChI=1S/C17H27ClN2O4S.ClH/c1-13(12-23-2)24-16-6-5-15(18)10-17(16)25(21,22)20-9-7-14-4-3-8-19-11-14;/h5-6,10,13-14,19-20H,3-4,7-9,11-12H2,1-2H3;1H. The van der Waals surface area contributed by atoms with Crippen molar-refractivity contribution in [2.75, 3.05) is 33.4 Å². The van der Waals surface area contributed by atoms with E-state index < -0.39 is 10.0 Å². The quantitative estimate of drug-likeness (QED) is 0.634. The third kappa shape index (κ3) is 7.21. The molecule has 1 aliphatic heterocycles. The smallest absolute Gasteiger partial charge is 0.244 e. The van der Waals surface area contributed by atoms with Crippen molar-refractivity contribution >= 4 is 34.0 Å². The molecule has 150 valence electrons. The van der Waals surface area contributed by atoms with E-state index in [2.05, 4.69) is 10.0 Å². The highest BCUT2D eigenvalue weighted by Gasteiger charge is 2.22. The largest absolute Gasteiger partial charge is 0.487 e. The number of halogens is 2. The van der Waals surface area contributed by atoms with Gasteiger partial charge in [-0.05, 0) is 63.4 Å². The van der Waals surface area contributed by atoms with Gasteiger partial charge in [-0.15, -0.1) is 12.4 Å². The van der Waals surface area contributed by atoms with Gasteiger partial charge in [0.1, 0.15) is 16.7 Å². The summed E-state index contributed by atoms with van der Waals surface area (Å²) in [5.41, 5.74) is 0. The van der Waals surface area contributed by atoms with Crippen LogP contribution in [0.15, 0.2) is 23.1 Å². The summed E-state index contributed by atoms with van der Waals surface area (Å²) >= 11 is 6.00. The first kappa shape index (κ1) is 23.5. The number of methoxy groups -OCH3 is 1. The van der Waals surface area contributed by atoms with Crippen LogP contribution < -0.4 is 14.8 Å². The van der Waals surface area contributed by atoms with Crippen LogP contribution in [0.5, 0.6) is 5.75 Å². The van der Waals surface area contributed by atoms with E-state index in [1.54, 1.807) is 19.2 Å². The topological polar surface area (TPSA) is 76.7 Å². The maximum absolute atomic E-state index is 12.7. The normalized spacial score (nSPS) is 18.8. The van der Waals surface area contributed by atoms with Crippen molar-refractivity contribution in [3.8, 4) is 5.75 Å². The zero-order valence-electron chi connectivity index (χ0n) is 15.2. The second kappa shape index (κ2) is 11.3. The van der Waals surface area contributed by atoms with E-state index >= 15 is 0 Å². The Bertz CT molecular complexity index is 652. The third-order valence-electron chi connectivity index (χ3n) is 4.17. The van der Waals surface area contributed by atoms with Gasteiger partial charge in [0, 0.05) is 18.7 Å². The maximum atomic E-state index is 12.7. The summed E-state index contributed by atoms with van der Waals surface area (Å²) in [6.45, 7) is 4.57. The van der Waals surface area contributed by atoms with Crippen LogP contribution in [0, 0.1) is 5.92 Å². The molecule has 1 saturated heterocycles. The van der Waals surface area contributed by atoms with Gasteiger partial charge in [0.05, 0.1) is 6.61 Å². The lowest BCUT2D eigenvalue weighted by Crippen LogP contribution is -2.33. The molecule has 6 nitrogen and oxygen atoms in total. The Hall–Kier alpha value is -0.570. The summed E-state index contributed by atoms with van der Waals surface area (Å²) in [5, 5.41) is 3.69. The molecule has 1 aromatic rings. The molecule has 0 bridgehead atoms. The van der Waals surface area contributed by atoms with Gasteiger partial charge in [0.2, 0.25) is 10.0 Å². The van der Waals surface area contributed by atoms with Crippen molar-refractivity contribution in [1.29, 1.82) is 0 Å². The minimum Gasteiger partial charge on any atom is -0.487 e. The molecule has 9 heteroatoms. The van der Waals surface area contributed by atoms with Gasteiger partial charge in [0.15, 0.2) is 0 Å². The van der Waals surface area contributed by atoms with E-state index in [-0.39, 0.29) is 29.2 Å². The lowest BCUT2D eigenvalue weighted by atomic mass is 9.96. The number of hydrogen-bond acceptors (Lipinski definition) is 5. The minimum atomic E-state index is -3.70. The Morgan fingerprint density at radius 1 is 1.42 bits per heavy atom. The molecule has 2 unspecified atom stereocenters. The van der Waals surface area contributed by atoms with Crippen molar-refractivity contribution in [3.05, 3.63) is 23.2 Å². The fraction of sp³-hybridized carbons (Fsp3) is 0.647. The van der Waals surface area contributed by atoms with Crippen molar-refractivity contribution < 1.29 is 17.9 Å². The maximum Gasteiger partial charge on any atom is 0.244 e. The zero-order valence-corrected chi connectivity index (χ0v) is 17.6. The fourth-order valence-electron chi connectivity index (χ4n) is 2.92. The molecule has 1 fully saturated rings. The SMILES string of the molecule is COCC(C)Oc1ccc(Cl)cc1S(=O)(=O)NCCC1CCCNC1.Cl. The van der Waals surface area contributed by atoms with Crippen LogP contribution in [0.2, 0.25) is 5.02 Å². The van der Waals surface area contributed by atoms with Crippen LogP contribution in [0.4, 0.5) is 0 Å². The molecule has 1 aliphatic rings.